The first-order valence-electron chi connectivity index (χ1n) is 7.97. The molecule has 1 aromatic rings. The Kier molecular flexibility index (Phi) is 4.25. The van der Waals surface area contributed by atoms with Gasteiger partial charge in [0, 0.05) is 30.9 Å². The maximum absolute atomic E-state index is 12.6. The molecule has 1 spiro atoms. The number of rotatable bonds is 3. The Morgan fingerprint density at radius 1 is 1.15 bits per heavy atom. The van der Waals surface area contributed by atoms with Crippen molar-refractivity contribution in [1.29, 1.82) is 0 Å². The third kappa shape index (κ3) is 2.83. The fraction of sp³-hybridized carbons (Fsp3) is 0.647. The molecular weight excluding hydrogens is 251 g/mol. The summed E-state index contributed by atoms with van der Waals surface area (Å²) in [6.45, 7) is 2.59. The Labute approximate surface area is 121 Å². The summed E-state index contributed by atoms with van der Waals surface area (Å²) < 4.78 is 12.6. The molecule has 0 saturated heterocycles. The van der Waals surface area contributed by atoms with E-state index in [1.54, 1.807) is 0 Å². The molecule has 1 aliphatic heterocycles. The first-order chi connectivity index (χ1) is 9.83. The number of para-hydroxylation sites is 1. The van der Waals surface area contributed by atoms with Gasteiger partial charge in [-0.1, -0.05) is 37.5 Å². The third-order valence-corrected chi connectivity index (χ3v) is 4.85. The topological polar surface area (TPSA) is 15.3 Å². The van der Waals surface area contributed by atoms with Crippen molar-refractivity contribution in [3.05, 3.63) is 29.8 Å². The second kappa shape index (κ2) is 6.13. The second-order valence-corrected chi connectivity index (χ2v) is 6.29. The molecule has 1 aliphatic carbocycles. The van der Waals surface area contributed by atoms with Crippen LogP contribution in [0.5, 0.6) is 0 Å². The highest BCUT2D eigenvalue weighted by atomic mass is 19.1. The van der Waals surface area contributed by atoms with Gasteiger partial charge in [-0.05, 0) is 30.9 Å². The monoisotopic (exact) mass is 276 g/mol. The van der Waals surface area contributed by atoms with E-state index < -0.39 is 0 Å². The number of nitrogens with one attached hydrogen (secondary N) is 1. The summed E-state index contributed by atoms with van der Waals surface area (Å²) in [5.41, 5.74) is 2.90. The van der Waals surface area contributed by atoms with Gasteiger partial charge in [-0.15, -0.1) is 0 Å². The molecule has 0 bridgehead atoms. The summed E-state index contributed by atoms with van der Waals surface area (Å²) in [7, 11) is 0. The molecule has 110 valence electrons. The van der Waals surface area contributed by atoms with Crippen molar-refractivity contribution >= 4 is 5.69 Å². The van der Waals surface area contributed by atoms with Crippen LogP contribution >= 0.6 is 0 Å². The smallest absolute Gasteiger partial charge is 0.0911 e. The van der Waals surface area contributed by atoms with Crippen LogP contribution in [0.2, 0.25) is 0 Å². The van der Waals surface area contributed by atoms with E-state index in [9.17, 15) is 4.39 Å². The average Bonchev–Trinajstić information content (AvgIpc) is 2.64. The van der Waals surface area contributed by atoms with Crippen LogP contribution in [0, 0.1) is 0 Å². The lowest BCUT2D eigenvalue weighted by Gasteiger charge is -2.40. The van der Waals surface area contributed by atoms with Gasteiger partial charge in [0.2, 0.25) is 0 Å². The highest BCUT2D eigenvalue weighted by molar-refractivity contribution is 5.55. The zero-order valence-electron chi connectivity index (χ0n) is 12.2. The summed E-state index contributed by atoms with van der Waals surface area (Å²) in [5.74, 6) is 0. The largest absolute Gasteiger partial charge is 0.369 e. The summed E-state index contributed by atoms with van der Waals surface area (Å²) >= 11 is 0. The lowest BCUT2D eigenvalue weighted by atomic mass is 9.81. The van der Waals surface area contributed by atoms with E-state index in [1.165, 1.54) is 43.4 Å². The molecule has 1 heterocycles. The molecule has 2 aliphatic rings. The predicted octanol–water partition coefficient (Wildman–Crippen LogP) is 3.66. The summed E-state index contributed by atoms with van der Waals surface area (Å²) in [5, 5.41) is 3.82. The van der Waals surface area contributed by atoms with E-state index in [4.69, 9.17) is 0 Å². The highest BCUT2D eigenvalue weighted by Gasteiger charge is 2.35. The van der Waals surface area contributed by atoms with E-state index >= 15 is 0 Å². The maximum atomic E-state index is 12.6. The van der Waals surface area contributed by atoms with Gasteiger partial charge in [0.25, 0.3) is 0 Å². The molecule has 3 heteroatoms. The minimum absolute atomic E-state index is 0.223. The number of hydrogen-bond acceptors (Lipinski definition) is 2. The van der Waals surface area contributed by atoms with Gasteiger partial charge in [-0.2, -0.15) is 0 Å². The fourth-order valence-electron chi connectivity index (χ4n) is 3.77. The maximum Gasteiger partial charge on any atom is 0.0911 e. The Hall–Kier alpha value is -1.09. The number of hydrogen-bond donors (Lipinski definition) is 1. The van der Waals surface area contributed by atoms with E-state index in [0.717, 1.165) is 19.6 Å². The summed E-state index contributed by atoms with van der Waals surface area (Å²) in [6, 6.07) is 8.59. The van der Waals surface area contributed by atoms with E-state index in [0.29, 0.717) is 6.42 Å². The first-order valence-corrected chi connectivity index (χ1v) is 7.97. The van der Waals surface area contributed by atoms with Crippen LogP contribution in [-0.2, 0) is 6.54 Å². The van der Waals surface area contributed by atoms with Crippen LogP contribution in [0.1, 0.15) is 44.1 Å². The molecule has 1 N–H and O–H groups in total. The molecule has 0 aromatic heterocycles. The van der Waals surface area contributed by atoms with Crippen molar-refractivity contribution in [1.82, 2.24) is 5.32 Å². The van der Waals surface area contributed by atoms with Crippen molar-refractivity contribution in [2.75, 3.05) is 24.7 Å². The predicted molar refractivity (Wildman–Crippen MR) is 81.9 cm³/mol. The molecule has 0 unspecified atom stereocenters. The quantitative estimate of drug-likeness (QED) is 0.906. The van der Waals surface area contributed by atoms with E-state index in [2.05, 4.69) is 34.5 Å². The summed E-state index contributed by atoms with van der Waals surface area (Å²) in [6.07, 6.45) is 7.14. The third-order valence-electron chi connectivity index (χ3n) is 4.85. The van der Waals surface area contributed by atoms with E-state index in [-0.39, 0.29) is 12.2 Å². The van der Waals surface area contributed by atoms with Crippen molar-refractivity contribution in [3.8, 4) is 0 Å². The van der Waals surface area contributed by atoms with Gasteiger partial charge < -0.3 is 10.2 Å². The molecule has 1 aromatic carbocycles. The Morgan fingerprint density at radius 3 is 2.75 bits per heavy atom. The van der Waals surface area contributed by atoms with Gasteiger partial charge in [-0.25, -0.2) is 0 Å². The van der Waals surface area contributed by atoms with Crippen LogP contribution in [0.25, 0.3) is 0 Å². The van der Waals surface area contributed by atoms with Gasteiger partial charge in [-0.3, -0.25) is 4.39 Å². The molecule has 0 atom stereocenters. The number of benzene rings is 1. The highest BCUT2D eigenvalue weighted by Crippen LogP contribution is 2.34. The molecule has 20 heavy (non-hydrogen) atoms. The lowest BCUT2D eigenvalue weighted by Crippen LogP contribution is -2.53. The minimum atomic E-state index is -0.223. The number of halogens is 1. The van der Waals surface area contributed by atoms with Crippen LogP contribution < -0.4 is 10.2 Å². The lowest BCUT2D eigenvalue weighted by molar-refractivity contribution is 0.236. The molecule has 1 fully saturated rings. The Morgan fingerprint density at radius 2 is 1.95 bits per heavy atom. The van der Waals surface area contributed by atoms with Crippen LogP contribution in [0.3, 0.4) is 0 Å². The molecule has 0 radical (unpaired) electrons. The zero-order chi connectivity index (χ0) is 13.8. The Bertz CT molecular complexity index is 440. The van der Waals surface area contributed by atoms with Crippen molar-refractivity contribution in [2.45, 2.75) is 50.6 Å². The summed E-state index contributed by atoms with van der Waals surface area (Å²) in [4.78, 5) is 2.42. The van der Waals surface area contributed by atoms with Crippen molar-refractivity contribution < 1.29 is 4.39 Å². The van der Waals surface area contributed by atoms with Crippen LogP contribution in [0.4, 0.5) is 10.1 Å². The number of anilines is 1. The zero-order valence-corrected chi connectivity index (χ0v) is 12.2. The number of alkyl halides is 1. The number of nitrogens with zero attached hydrogens (tertiary/aromatic N) is 1. The molecule has 0 amide bonds. The van der Waals surface area contributed by atoms with Gasteiger partial charge in [0.1, 0.15) is 0 Å². The standard InChI is InChI=1S/C17H25FN2/c18-11-6-12-20-14-17(9-4-1-5-10-17)19-13-15-7-2-3-8-16(15)20/h2-3,7-8,19H,1,4-6,9-14H2. The normalized spacial score (nSPS) is 21.6. The average molecular weight is 276 g/mol. The molecular formula is C17H25FN2. The minimum Gasteiger partial charge on any atom is -0.369 e. The van der Waals surface area contributed by atoms with Crippen molar-refractivity contribution in [3.63, 3.8) is 0 Å². The molecule has 1 saturated carbocycles. The van der Waals surface area contributed by atoms with E-state index in [1.807, 2.05) is 0 Å². The van der Waals surface area contributed by atoms with Crippen LogP contribution in [0.15, 0.2) is 24.3 Å². The number of fused-ring (bicyclic) bond motifs is 1. The van der Waals surface area contributed by atoms with Gasteiger partial charge in [0.15, 0.2) is 0 Å². The van der Waals surface area contributed by atoms with Crippen LogP contribution in [-0.4, -0.2) is 25.3 Å². The van der Waals surface area contributed by atoms with Gasteiger partial charge in [0.05, 0.1) is 6.67 Å². The second-order valence-electron chi connectivity index (χ2n) is 6.29. The molecule has 2 nitrogen and oxygen atoms in total. The Balaban J connectivity index is 1.86. The first kappa shape index (κ1) is 13.9. The van der Waals surface area contributed by atoms with Crippen molar-refractivity contribution in [2.24, 2.45) is 0 Å². The fourth-order valence-corrected chi connectivity index (χ4v) is 3.77. The van der Waals surface area contributed by atoms with Gasteiger partial charge >= 0.3 is 0 Å². The SMILES string of the molecule is FCCCN1CC2(CCCCC2)NCc2ccccc21. The molecule has 3 rings (SSSR count).